The maximum atomic E-state index is 12.1. The Bertz CT molecular complexity index is 285. The van der Waals surface area contributed by atoms with E-state index in [-0.39, 0.29) is 12.5 Å². The number of hydrogen-bond acceptors (Lipinski definition) is 4. The fraction of sp³-hybridized carbons (Fsp3) is 0.923. The summed E-state index contributed by atoms with van der Waals surface area (Å²) >= 11 is 0. The number of hydrogen-bond donors (Lipinski definition) is 1. The van der Waals surface area contributed by atoms with Gasteiger partial charge >= 0.3 is 0 Å². The fourth-order valence-corrected chi connectivity index (χ4v) is 3.03. The molecule has 2 aliphatic rings. The Morgan fingerprint density at radius 2 is 2.22 bits per heavy atom. The predicted octanol–water partition coefficient (Wildman–Crippen LogP) is 0.0469. The lowest BCUT2D eigenvalue weighted by Gasteiger charge is -2.47. The Balaban J connectivity index is 1.86. The van der Waals surface area contributed by atoms with Crippen LogP contribution >= 0.6 is 0 Å². The minimum absolute atomic E-state index is 0.112. The number of rotatable bonds is 4. The molecule has 5 nitrogen and oxygen atoms in total. The molecule has 0 aromatic heterocycles. The summed E-state index contributed by atoms with van der Waals surface area (Å²) in [5.41, 5.74) is 5.35. The molecular weight excluding hydrogens is 230 g/mol. The van der Waals surface area contributed by atoms with Gasteiger partial charge in [-0.3, -0.25) is 9.69 Å². The van der Waals surface area contributed by atoms with Crippen LogP contribution in [-0.2, 0) is 9.53 Å². The first kappa shape index (κ1) is 13.8. The van der Waals surface area contributed by atoms with Crippen LogP contribution in [0.5, 0.6) is 0 Å². The van der Waals surface area contributed by atoms with Gasteiger partial charge in [-0.2, -0.15) is 0 Å². The van der Waals surface area contributed by atoms with Crippen LogP contribution in [0, 0.1) is 0 Å². The van der Waals surface area contributed by atoms with Gasteiger partial charge in [0, 0.05) is 31.7 Å². The van der Waals surface area contributed by atoms with Crippen LogP contribution in [0.1, 0.15) is 26.2 Å². The molecule has 18 heavy (non-hydrogen) atoms. The van der Waals surface area contributed by atoms with E-state index >= 15 is 0 Å². The molecule has 2 rings (SSSR count). The normalized spacial score (nSPS) is 29.1. The number of amides is 1. The number of carbonyl (C=O) groups excluding carboxylic acids is 1. The Morgan fingerprint density at radius 1 is 1.39 bits per heavy atom. The van der Waals surface area contributed by atoms with Crippen LogP contribution in [0.15, 0.2) is 0 Å². The summed E-state index contributed by atoms with van der Waals surface area (Å²) in [5, 5.41) is 0. The molecule has 2 N–H and O–H groups in total. The zero-order valence-electron chi connectivity index (χ0n) is 11.3. The van der Waals surface area contributed by atoms with Crippen molar-refractivity contribution in [3.05, 3.63) is 0 Å². The highest BCUT2D eigenvalue weighted by molar-refractivity contribution is 5.78. The van der Waals surface area contributed by atoms with Crippen molar-refractivity contribution >= 4 is 5.91 Å². The number of nitrogens with two attached hydrogens (primary N) is 1. The van der Waals surface area contributed by atoms with Crippen LogP contribution in [0.2, 0.25) is 0 Å². The van der Waals surface area contributed by atoms with Gasteiger partial charge < -0.3 is 15.4 Å². The molecule has 0 bridgehead atoms. The molecule has 1 amide bonds. The summed E-state index contributed by atoms with van der Waals surface area (Å²) in [5.74, 6) is 0.112. The first-order valence-electron chi connectivity index (χ1n) is 7.03. The Hall–Kier alpha value is -0.650. The summed E-state index contributed by atoms with van der Waals surface area (Å²) in [6, 6.07) is 0.863. The molecule has 2 aliphatic heterocycles. The number of piperidine rings is 1. The van der Waals surface area contributed by atoms with Crippen molar-refractivity contribution in [3.8, 4) is 0 Å². The first-order chi connectivity index (χ1) is 8.72. The lowest BCUT2D eigenvalue weighted by atomic mass is 9.97. The summed E-state index contributed by atoms with van der Waals surface area (Å²) < 4.78 is 5.25. The smallest absolute Gasteiger partial charge is 0.248 e. The maximum absolute atomic E-state index is 12.1. The van der Waals surface area contributed by atoms with Crippen molar-refractivity contribution in [2.45, 2.75) is 38.3 Å². The molecule has 5 heteroatoms. The quantitative estimate of drug-likeness (QED) is 0.721. The van der Waals surface area contributed by atoms with E-state index in [0.29, 0.717) is 25.2 Å². The average Bonchev–Trinajstić information content (AvgIpc) is 2.38. The van der Waals surface area contributed by atoms with Gasteiger partial charge in [-0.15, -0.1) is 0 Å². The summed E-state index contributed by atoms with van der Waals surface area (Å²) in [7, 11) is 0. The third kappa shape index (κ3) is 3.22. The molecule has 2 heterocycles. The molecule has 2 fully saturated rings. The van der Waals surface area contributed by atoms with E-state index in [1.165, 1.54) is 25.8 Å². The van der Waals surface area contributed by atoms with Gasteiger partial charge in [0.15, 0.2) is 0 Å². The van der Waals surface area contributed by atoms with Crippen molar-refractivity contribution in [2.75, 3.05) is 39.4 Å². The van der Waals surface area contributed by atoms with E-state index in [1.54, 1.807) is 0 Å². The summed E-state index contributed by atoms with van der Waals surface area (Å²) in [6.07, 6.45) is 3.82. The average molecular weight is 255 g/mol. The number of fused-ring (bicyclic) bond motifs is 1. The number of carbonyl (C=O) groups is 1. The molecule has 0 aliphatic carbocycles. The van der Waals surface area contributed by atoms with Gasteiger partial charge in [-0.1, -0.05) is 6.42 Å². The van der Waals surface area contributed by atoms with E-state index < -0.39 is 0 Å². The van der Waals surface area contributed by atoms with Gasteiger partial charge in [0.2, 0.25) is 5.91 Å². The topological polar surface area (TPSA) is 58.8 Å². The summed E-state index contributed by atoms with van der Waals surface area (Å²) in [6.45, 7) is 6.31. The highest BCUT2D eigenvalue weighted by Gasteiger charge is 2.34. The minimum Gasteiger partial charge on any atom is -0.370 e. The monoisotopic (exact) mass is 255 g/mol. The third-order valence-electron chi connectivity index (χ3n) is 4.00. The summed E-state index contributed by atoms with van der Waals surface area (Å²) in [4.78, 5) is 16.6. The highest BCUT2D eigenvalue weighted by atomic mass is 16.5. The zero-order valence-corrected chi connectivity index (χ0v) is 11.3. The standard InChI is InChI=1S/C13H25N3O2/c1-11-8-15-6-3-2-4-12(15)9-16(11)13(17)10-18-7-5-14/h11-12H,2-10,14H2,1H3. The van der Waals surface area contributed by atoms with Crippen molar-refractivity contribution < 1.29 is 9.53 Å². The highest BCUT2D eigenvalue weighted by Crippen LogP contribution is 2.23. The van der Waals surface area contributed by atoms with Crippen LogP contribution in [0.25, 0.3) is 0 Å². The van der Waals surface area contributed by atoms with Crippen LogP contribution < -0.4 is 5.73 Å². The Morgan fingerprint density at radius 3 is 3.00 bits per heavy atom. The minimum atomic E-state index is 0.112. The van der Waals surface area contributed by atoms with E-state index in [1.807, 2.05) is 4.90 Å². The SMILES string of the molecule is CC1CN2CCCCC2CN1C(=O)COCCN. The molecule has 104 valence electrons. The van der Waals surface area contributed by atoms with Crippen molar-refractivity contribution in [1.29, 1.82) is 0 Å². The molecular formula is C13H25N3O2. The zero-order chi connectivity index (χ0) is 13.0. The number of ether oxygens (including phenoxy) is 1. The van der Waals surface area contributed by atoms with E-state index in [2.05, 4.69) is 11.8 Å². The fourth-order valence-electron chi connectivity index (χ4n) is 3.03. The first-order valence-corrected chi connectivity index (χ1v) is 7.03. The Kier molecular flexibility index (Phi) is 4.97. The molecule has 0 aromatic carbocycles. The molecule has 0 aromatic rings. The second-order valence-electron chi connectivity index (χ2n) is 5.38. The van der Waals surface area contributed by atoms with E-state index in [9.17, 15) is 4.79 Å². The van der Waals surface area contributed by atoms with Crippen molar-refractivity contribution in [3.63, 3.8) is 0 Å². The molecule has 2 atom stereocenters. The molecule has 2 saturated heterocycles. The lowest BCUT2D eigenvalue weighted by molar-refractivity contribution is -0.142. The number of nitrogens with zero attached hydrogens (tertiary/aromatic N) is 2. The van der Waals surface area contributed by atoms with Crippen LogP contribution in [-0.4, -0.2) is 67.2 Å². The Labute approximate surface area is 109 Å². The second kappa shape index (κ2) is 6.50. The van der Waals surface area contributed by atoms with Gasteiger partial charge in [-0.05, 0) is 26.3 Å². The molecule has 0 radical (unpaired) electrons. The van der Waals surface area contributed by atoms with Crippen molar-refractivity contribution in [2.24, 2.45) is 5.73 Å². The third-order valence-corrected chi connectivity index (χ3v) is 4.00. The number of piperazine rings is 1. The van der Waals surface area contributed by atoms with Crippen LogP contribution in [0.3, 0.4) is 0 Å². The van der Waals surface area contributed by atoms with Gasteiger partial charge in [0.1, 0.15) is 6.61 Å². The molecule has 2 unspecified atom stereocenters. The largest absolute Gasteiger partial charge is 0.370 e. The van der Waals surface area contributed by atoms with Crippen LogP contribution in [0.4, 0.5) is 0 Å². The van der Waals surface area contributed by atoms with Gasteiger partial charge in [-0.25, -0.2) is 0 Å². The molecule has 0 spiro atoms. The molecule has 0 saturated carbocycles. The van der Waals surface area contributed by atoms with Gasteiger partial charge in [0.25, 0.3) is 0 Å². The van der Waals surface area contributed by atoms with E-state index in [4.69, 9.17) is 10.5 Å². The predicted molar refractivity (Wildman–Crippen MR) is 70.3 cm³/mol. The second-order valence-corrected chi connectivity index (χ2v) is 5.38. The van der Waals surface area contributed by atoms with E-state index in [0.717, 1.165) is 13.1 Å². The van der Waals surface area contributed by atoms with Crippen molar-refractivity contribution in [1.82, 2.24) is 9.80 Å². The van der Waals surface area contributed by atoms with Gasteiger partial charge in [0.05, 0.1) is 6.61 Å². The maximum Gasteiger partial charge on any atom is 0.248 e. The lowest BCUT2D eigenvalue weighted by Crippen LogP contribution is -2.60.